The monoisotopic (exact) mass is 717 g/mol. The van der Waals surface area contributed by atoms with E-state index >= 15 is 0 Å². The molecule has 1 aliphatic heterocycles. The molecule has 2 aromatic heterocycles. The molecule has 0 spiro atoms. The van der Waals surface area contributed by atoms with Crippen molar-refractivity contribution in [3.05, 3.63) is 54.5 Å². The maximum Gasteiger partial charge on any atom is 0.459 e. The quantitative estimate of drug-likeness (QED) is 0.0937. The van der Waals surface area contributed by atoms with E-state index in [0.717, 1.165) is 0 Å². The summed E-state index contributed by atoms with van der Waals surface area (Å²) < 4.78 is 57.6. The Hall–Kier alpha value is -4.08. The predicted molar refractivity (Wildman–Crippen MR) is 178 cm³/mol. The van der Waals surface area contributed by atoms with Crippen LogP contribution in [0, 0.1) is 11.8 Å². The zero-order chi connectivity index (χ0) is 36.4. The van der Waals surface area contributed by atoms with Crippen molar-refractivity contribution in [2.45, 2.75) is 83.5 Å². The molecule has 17 heteroatoms. The molecule has 0 amide bonds. The van der Waals surface area contributed by atoms with Crippen LogP contribution in [0.5, 0.6) is 5.75 Å². The molecule has 1 saturated heterocycles. The largest absolute Gasteiger partial charge is 0.464 e. The van der Waals surface area contributed by atoms with Crippen molar-refractivity contribution in [3.63, 3.8) is 0 Å². The highest BCUT2D eigenvalue weighted by atomic mass is 31.2. The van der Waals surface area contributed by atoms with Crippen LogP contribution >= 0.6 is 7.75 Å². The van der Waals surface area contributed by atoms with E-state index in [9.17, 15) is 18.9 Å². The zero-order valence-corrected chi connectivity index (χ0v) is 30.0. The van der Waals surface area contributed by atoms with Crippen LogP contribution in [0.4, 0.5) is 5.82 Å². The fraction of sp³-hybridized carbons (Fsp3) is 0.545. The average Bonchev–Trinajstić information content (AvgIpc) is 3.33. The number of hydrogen-bond donors (Lipinski definition) is 2. The van der Waals surface area contributed by atoms with Gasteiger partial charge in [-0.25, -0.2) is 14.1 Å². The maximum atomic E-state index is 14.7. The first kappa shape index (κ1) is 37.2. The van der Waals surface area contributed by atoms with Gasteiger partial charge in [-0.05, 0) is 38.1 Å². The number of rotatable bonds is 16. The summed E-state index contributed by atoms with van der Waals surface area (Å²) in [5.74, 6) is -2.81. The molecule has 0 bridgehead atoms. The third-order valence-electron chi connectivity index (χ3n) is 8.57. The van der Waals surface area contributed by atoms with Gasteiger partial charge in [0.05, 0.1) is 24.1 Å². The van der Waals surface area contributed by atoms with Crippen LogP contribution < -0.4 is 15.3 Å². The lowest BCUT2D eigenvalue weighted by Crippen LogP contribution is -2.45. The summed E-state index contributed by atoms with van der Waals surface area (Å²) in [5, 5.41) is 6.98. The molecule has 16 nitrogen and oxygen atoms in total. The minimum Gasteiger partial charge on any atom is -0.464 e. The van der Waals surface area contributed by atoms with Gasteiger partial charge >= 0.3 is 25.7 Å². The number of carbonyl (C=O) groups excluding carboxylic acids is 3. The molecular formula is C33H44N5O11P. The Balaban J connectivity index is 1.55. The van der Waals surface area contributed by atoms with Crippen LogP contribution in [0.25, 0.3) is 5.52 Å². The van der Waals surface area contributed by atoms with Crippen LogP contribution in [0.15, 0.2) is 48.8 Å². The van der Waals surface area contributed by atoms with Gasteiger partial charge in [0.15, 0.2) is 11.9 Å². The SMILES string of the molecule is COCCCOC(=O)[C@H](C)NP(=O)(Oc1ccccc1)OC1[C@@]2(C)O[C@@H](c3ccc4c(N)ncnn34)[C@H](OC(=O)C(C)C)[C@@]12OC(=O)C(C)C. The molecule has 3 N–H and O–H groups in total. The number of nitrogen functional groups attached to an aromatic ring is 1. The van der Waals surface area contributed by atoms with Crippen LogP contribution in [0.1, 0.15) is 59.8 Å². The highest BCUT2D eigenvalue weighted by molar-refractivity contribution is 7.52. The van der Waals surface area contributed by atoms with Gasteiger partial charge in [-0.1, -0.05) is 45.9 Å². The van der Waals surface area contributed by atoms with Crippen LogP contribution in [0.3, 0.4) is 0 Å². The second-order valence-electron chi connectivity index (χ2n) is 13.0. The molecule has 1 saturated carbocycles. The lowest BCUT2D eigenvalue weighted by atomic mass is 10.0. The molecule has 7 atom stereocenters. The highest BCUT2D eigenvalue weighted by Gasteiger charge is 2.91. The second-order valence-corrected chi connectivity index (χ2v) is 14.6. The standard InChI is InChI=1S/C33H44N5O11P/c1-19(2)28(39)45-26-25(23-14-15-24-27(34)35-18-36-38(23)24)46-32(6)31(33(26,32)47-29(40)20(3)4)49-50(42,48-22-12-9-8-10-13-22)37-21(5)30(41)44-17-11-16-43-7/h8-10,12-15,18-21,25-26,31H,11,16-17H2,1-7H3,(H,37,42)(H2,34,35,36)/t21-,25-,26-,31?,32+,33+,50?/m0/s1. The molecular weight excluding hydrogens is 673 g/mol. The van der Waals surface area contributed by atoms with E-state index in [1.807, 2.05) is 0 Å². The van der Waals surface area contributed by atoms with Gasteiger partial charge in [0.2, 0.25) is 5.60 Å². The summed E-state index contributed by atoms with van der Waals surface area (Å²) in [6.45, 7) is 10.1. The molecule has 2 fully saturated rings. The van der Waals surface area contributed by atoms with Crippen molar-refractivity contribution in [1.29, 1.82) is 0 Å². The third-order valence-corrected chi connectivity index (χ3v) is 10.2. The highest BCUT2D eigenvalue weighted by Crippen LogP contribution is 2.71. The fourth-order valence-corrected chi connectivity index (χ4v) is 7.57. The zero-order valence-electron chi connectivity index (χ0n) is 29.1. The topological polar surface area (TPSA) is 201 Å². The van der Waals surface area contributed by atoms with Gasteiger partial charge in [-0.3, -0.25) is 18.9 Å². The summed E-state index contributed by atoms with van der Waals surface area (Å²) in [4.78, 5) is 43.6. The van der Waals surface area contributed by atoms with Gasteiger partial charge in [0.25, 0.3) is 0 Å². The van der Waals surface area contributed by atoms with E-state index in [1.165, 1.54) is 24.9 Å². The Bertz CT molecular complexity index is 1750. The van der Waals surface area contributed by atoms with E-state index in [-0.39, 0.29) is 18.2 Å². The Morgan fingerprint density at radius 2 is 1.72 bits per heavy atom. The first-order valence-electron chi connectivity index (χ1n) is 16.3. The summed E-state index contributed by atoms with van der Waals surface area (Å²) in [6, 6.07) is 10.4. The average molecular weight is 718 g/mol. The Kier molecular flexibility index (Phi) is 10.9. The number of nitrogens with zero attached hydrogens (tertiary/aromatic N) is 3. The number of aromatic nitrogens is 3. The van der Waals surface area contributed by atoms with Gasteiger partial charge < -0.3 is 33.9 Å². The number of esters is 3. The normalized spacial score (nSPS) is 25.9. The number of methoxy groups -OCH3 is 1. The number of ether oxygens (including phenoxy) is 5. The lowest BCUT2D eigenvalue weighted by molar-refractivity contribution is -0.181. The number of para-hydroxylation sites is 1. The number of benzene rings is 1. The van der Waals surface area contributed by atoms with Crippen molar-refractivity contribution < 1.29 is 51.7 Å². The van der Waals surface area contributed by atoms with E-state index in [0.29, 0.717) is 24.2 Å². The number of carbonyl (C=O) groups is 3. The summed E-state index contributed by atoms with van der Waals surface area (Å²) in [5.41, 5.74) is 3.61. The van der Waals surface area contributed by atoms with Crippen molar-refractivity contribution >= 4 is 37.0 Å². The van der Waals surface area contributed by atoms with Gasteiger partial charge in [-0.15, -0.1) is 0 Å². The summed E-state index contributed by atoms with van der Waals surface area (Å²) in [7, 11) is -3.00. The predicted octanol–water partition coefficient (Wildman–Crippen LogP) is 3.79. The second kappa shape index (κ2) is 14.6. The molecule has 0 radical (unpaired) electrons. The molecule has 2 unspecified atom stereocenters. The van der Waals surface area contributed by atoms with Crippen LogP contribution in [0.2, 0.25) is 0 Å². The minimum absolute atomic E-state index is 0.0709. The molecule has 1 aliphatic carbocycles. The van der Waals surface area contributed by atoms with Crippen LogP contribution in [-0.4, -0.2) is 82.3 Å². The van der Waals surface area contributed by atoms with Gasteiger partial charge in [-0.2, -0.15) is 10.2 Å². The smallest absolute Gasteiger partial charge is 0.459 e. The van der Waals surface area contributed by atoms with Crippen LogP contribution in [-0.2, 0) is 47.2 Å². The summed E-state index contributed by atoms with van der Waals surface area (Å²) in [6.07, 6.45) is -1.97. The number of anilines is 1. The fourth-order valence-electron chi connectivity index (χ4n) is 5.80. The van der Waals surface area contributed by atoms with Crippen molar-refractivity contribution in [2.75, 3.05) is 26.1 Å². The lowest BCUT2D eigenvalue weighted by Gasteiger charge is -2.31. The van der Waals surface area contributed by atoms with E-state index in [2.05, 4.69) is 15.2 Å². The van der Waals surface area contributed by atoms with E-state index in [1.54, 1.807) is 77.1 Å². The molecule has 1 aromatic carbocycles. The third kappa shape index (κ3) is 7.08. The van der Waals surface area contributed by atoms with Gasteiger partial charge in [0.1, 0.15) is 41.4 Å². The molecule has 2 aliphatic rings. The molecule has 3 heterocycles. The Labute approximate surface area is 289 Å². The van der Waals surface area contributed by atoms with Crippen molar-refractivity contribution in [3.8, 4) is 5.75 Å². The Morgan fingerprint density at radius 3 is 2.38 bits per heavy atom. The maximum absolute atomic E-state index is 14.7. The van der Waals surface area contributed by atoms with E-state index < -0.39 is 73.0 Å². The molecule has 50 heavy (non-hydrogen) atoms. The first-order valence-corrected chi connectivity index (χ1v) is 17.9. The van der Waals surface area contributed by atoms with Gasteiger partial charge in [0, 0.05) is 20.1 Å². The number of hydrogen-bond acceptors (Lipinski definition) is 14. The van der Waals surface area contributed by atoms with Crippen molar-refractivity contribution in [2.24, 2.45) is 11.8 Å². The number of nitrogens with one attached hydrogen (secondary N) is 1. The molecule has 272 valence electrons. The van der Waals surface area contributed by atoms with E-state index in [4.69, 9.17) is 38.5 Å². The molecule has 3 aromatic rings. The number of nitrogens with two attached hydrogens (primary N) is 1. The molecule has 5 rings (SSSR count). The van der Waals surface area contributed by atoms with Crippen molar-refractivity contribution in [1.82, 2.24) is 19.7 Å². The number of fused-ring (bicyclic) bond motifs is 2. The minimum atomic E-state index is -4.53. The first-order chi connectivity index (χ1) is 23.7. The Morgan fingerprint density at radius 1 is 1.02 bits per heavy atom. The summed E-state index contributed by atoms with van der Waals surface area (Å²) >= 11 is 0.